The van der Waals surface area contributed by atoms with E-state index >= 15 is 0 Å². The highest BCUT2D eigenvalue weighted by atomic mass is 127. The fraction of sp³-hybridized carbons (Fsp3) is 0.688. The monoisotopic (exact) mass is 481 g/mol. The molecule has 7 nitrogen and oxygen atoms in total. The van der Waals surface area contributed by atoms with Crippen LogP contribution < -0.4 is 5.32 Å². The molecule has 0 spiro atoms. The van der Waals surface area contributed by atoms with Gasteiger partial charge in [0.25, 0.3) is 0 Å². The Morgan fingerprint density at radius 2 is 2.00 bits per heavy atom. The van der Waals surface area contributed by atoms with Crippen LogP contribution in [0, 0.1) is 6.92 Å². The minimum Gasteiger partial charge on any atom is -0.450 e. The summed E-state index contributed by atoms with van der Waals surface area (Å²) >= 11 is 1.67. The van der Waals surface area contributed by atoms with Gasteiger partial charge in [0.15, 0.2) is 5.96 Å². The van der Waals surface area contributed by atoms with Gasteiger partial charge in [-0.25, -0.2) is 9.78 Å². The number of carbonyl (C=O) groups excluding carboxylic acids is 1. The zero-order valence-corrected chi connectivity index (χ0v) is 18.3. The Labute approximate surface area is 170 Å². The molecule has 0 saturated carbocycles. The van der Waals surface area contributed by atoms with E-state index in [2.05, 4.69) is 27.5 Å². The molecule has 2 heterocycles. The van der Waals surface area contributed by atoms with Crippen LogP contribution in [0.4, 0.5) is 4.79 Å². The minimum absolute atomic E-state index is 0. The second kappa shape index (κ2) is 11.5. The van der Waals surface area contributed by atoms with Gasteiger partial charge in [0.1, 0.15) is 0 Å². The largest absolute Gasteiger partial charge is 0.450 e. The van der Waals surface area contributed by atoms with Gasteiger partial charge in [0.2, 0.25) is 0 Å². The number of thiazole rings is 1. The molecular weight excluding hydrogens is 453 g/mol. The maximum Gasteiger partial charge on any atom is 0.409 e. The minimum atomic E-state index is -0.224. The third-order valence-corrected chi connectivity index (χ3v) is 4.56. The molecule has 1 aromatic rings. The number of ether oxygens (including phenoxy) is 1. The highest BCUT2D eigenvalue weighted by molar-refractivity contribution is 14.0. The van der Waals surface area contributed by atoms with E-state index in [0.717, 1.165) is 42.7 Å². The molecule has 1 amide bonds. The summed E-state index contributed by atoms with van der Waals surface area (Å²) in [5.41, 5.74) is 1.10. The van der Waals surface area contributed by atoms with Gasteiger partial charge in [-0.3, -0.25) is 4.99 Å². The Hall–Kier alpha value is -1.10. The summed E-state index contributed by atoms with van der Waals surface area (Å²) in [5, 5.41) is 6.52. The molecule has 142 valence electrons. The van der Waals surface area contributed by atoms with Gasteiger partial charge in [0, 0.05) is 51.1 Å². The summed E-state index contributed by atoms with van der Waals surface area (Å²) in [5.74, 6) is 0.910. The molecule has 1 saturated heterocycles. The number of hydrogen-bond acceptors (Lipinski definition) is 5. The van der Waals surface area contributed by atoms with Crippen LogP contribution in [0.25, 0.3) is 0 Å². The van der Waals surface area contributed by atoms with Gasteiger partial charge in [-0.15, -0.1) is 35.3 Å². The number of hydrogen-bond donors (Lipinski definition) is 1. The van der Waals surface area contributed by atoms with Crippen LogP contribution in [-0.2, 0) is 11.2 Å². The summed E-state index contributed by atoms with van der Waals surface area (Å²) in [6, 6.07) is 0. The van der Waals surface area contributed by atoms with Gasteiger partial charge in [-0.05, 0) is 20.8 Å². The average Bonchev–Trinajstić information content (AvgIpc) is 3.00. The van der Waals surface area contributed by atoms with Crippen LogP contribution in [0.1, 0.15) is 24.5 Å². The number of amides is 1. The number of rotatable bonds is 5. The number of carbonyl (C=O) groups is 1. The summed E-state index contributed by atoms with van der Waals surface area (Å²) in [6.07, 6.45) is 0.625. The van der Waals surface area contributed by atoms with Gasteiger partial charge in [-0.1, -0.05) is 0 Å². The van der Waals surface area contributed by atoms with E-state index in [-0.39, 0.29) is 30.1 Å². The zero-order valence-electron chi connectivity index (χ0n) is 15.2. The molecule has 1 aromatic heterocycles. The molecule has 1 aliphatic heterocycles. The van der Waals surface area contributed by atoms with Crippen LogP contribution >= 0.6 is 35.3 Å². The summed E-state index contributed by atoms with van der Waals surface area (Å²) in [6.45, 7) is 10.7. The second-order valence-corrected chi connectivity index (χ2v) is 6.58. The number of halogens is 1. The number of aromatic nitrogens is 1. The first kappa shape index (κ1) is 21.9. The van der Waals surface area contributed by atoms with Crippen molar-refractivity contribution in [2.75, 3.05) is 45.9 Å². The van der Waals surface area contributed by atoms with Crippen molar-refractivity contribution in [2.24, 2.45) is 4.99 Å². The number of nitrogens with zero attached hydrogens (tertiary/aromatic N) is 4. The Morgan fingerprint density at radius 3 is 2.56 bits per heavy atom. The lowest BCUT2D eigenvalue weighted by Crippen LogP contribution is -2.54. The lowest BCUT2D eigenvalue weighted by Gasteiger charge is -2.35. The van der Waals surface area contributed by atoms with Gasteiger partial charge >= 0.3 is 6.09 Å². The van der Waals surface area contributed by atoms with E-state index in [9.17, 15) is 4.79 Å². The van der Waals surface area contributed by atoms with Crippen molar-refractivity contribution in [3.63, 3.8) is 0 Å². The number of piperazine rings is 1. The first-order valence-corrected chi connectivity index (χ1v) is 9.38. The quantitative estimate of drug-likeness (QED) is 0.397. The Kier molecular flexibility index (Phi) is 10.1. The molecule has 1 aliphatic rings. The van der Waals surface area contributed by atoms with Gasteiger partial charge < -0.3 is 19.9 Å². The topological polar surface area (TPSA) is 70.1 Å². The van der Waals surface area contributed by atoms with Gasteiger partial charge in [-0.2, -0.15) is 0 Å². The van der Waals surface area contributed by atoms with Crippen LogP contribution in [-0.4, -0.2) is 72.7 Å². The molecule has 1 N–H and O–H groups in total. The van der Waals surface area contributed by atoms with E-state index in [0.29, 0.717) is 26.2 Å². The number of guanidine groups is 1. The summed E-state index contributed by atoms with van der Waals surface area (Å²) in [7, 11) is 0. The highest BCUT2D eigenvalue weighted by Crippen LogP contribution is 2.09. The van der Waals surface area contributed by atoms with Crippen molar-refractivity contribution in [1.29, 1.82) is 0 Å². The molecular formula is C16H28IN5O2S. The van der Waals surface area contributed by atoms with Crippen LogP contribution in [0.3, 0.4) is 0 Å². The summed E-state index contributed by atoms with van der Waals surface area (Å²) in [4.78, 5) is 24.9. The third-order valence-electron chi connectivity index (χ3n) is 3.74. The Bertz CT molecular complexity index is 558. The lowest BCUT2D eigenvalue weighted by atomic mass is 10.3. The normalized spacial score (nSPS) is 14.9. The fourth-order valence-electron chi connectivity index (χ4n) is 2.54. The Morgan fingerprint density at radius 1 is 1.32 bits per heavy atom. The molecule has 0 radical (unpaired) electrons. The summed E-state index contributed by atoms with van der Waals surface area (Å²) < 4.78 is 5.06. The number of aliphatic imine (C=N–C) groups is 1. The molecule has 0 aliphatic carbocycles. The molecule has 1 fully saturated rings. The average molecular weight is 481 g/mol. The Balaban J connectivity index is 0.00000312. The molecule has 0 unspecified atom stereocenters. The van der Waals surface area contributed by atoms with Crippen molar-refractivity contribution in [3.8, 4) is 0 Å². The molecule has 0 aromatic carbocycles. The van der Waals surface area contributed by atoms with Crippen molar-refractivity contribution < 1.29 is 9.53 Å². The van der Waals surface area contributed by atoms with Crippen molar-refractivity contribution in [3.05, 3.63) is 16.1 Å². The molecule has 0 atom stereocenters. The highest BCUT2D eigenvalue weighted by Gasteiger charge is 2.23. The second-order valence-electron chi connectivity index (χ2n) is 5.52. The molecule has 2 rings (SSSR count). The van der Waals surface area contributed by atoms with Crippen molar-refractivity contribution >= 4 is 47.4 Å². The number of nitrogens with one attached hydrogen (secondary N) is 1. The first-order valence-electron chi connectivity index (χ1n) is 8.50. The van der Waals surface area contributed by atoms with E-state index in [1.807, 2.05) is 13.8 Å². The predicted molar refractivity (Wildman–Crippen MR) is 112 cm³/mol. The van der Waals surface area contributed by atoms with E-state index in [1.54, 1.807) is 16.2 Å². The number of aryl methyl sites for hydroxylation is 1. The first-order chi connectivity index (χ1) is 11.6. The maximum atomic E-state index is 11.8. The predicted octanol–water partition coefficient (Wildman–Crippen LogP) is 2.35. The van der Waals surface area contributed by atoms with Crippen LogP contribution in [0.15, 0.2) is 10.4 Å². The van der Waals surface area contributed by atoms with Crippen molar-refractivity contribution in [1.82, 2.24) is 20.1 Å². The fourth-order valence-corrected chi connectivity index (χ4v) is 3.19. The maximum absolute atomic E-state index is 11.8. The molecule has 9 heteroatoms. The van der Waals surface area contributed by atoms with E-state index < -0.39 is 0 Å². The smallest absolute Gasteiger partial charge is 0.409 e. The zero-order chi connectivity index (χ0) is 17.4. The molecule has 0 bridgehead atoms. The SMILES string of the molecule is CCNC(=NCCc1csc(C)n1)N1CCN(C(=O)OCC)CC1.I. The molecule has 25 heavy (non-hydrogen) atoms. The van der Waals surface area contributed by atoms with Crippen molar-refractivity contribution in [2.45, 2.75) is 27.2 Å². The standard InChI is InChI=1S/C16H27N5O2S.HI/c1-4-17-15(18-7-6-14-12-24-13(3)19-14)20-8-10-21(11-9-20)16(22)23-5-2;/h12H,4-11H2,1-3H3,(H,17,18);1H. The lowest BCUT2D eigenvalue weighted by molar-refractivity contribution is 0.0914. The van der Waals surface area contributed by atoms with E-state index in [4.69, 9.17) is 9.73 Å². The van der Waals surface area contributed by atoms with Gasteiger partial charge in [0.05, 0.1) is 17.3 Å². The van der Waals surface area contributed by atoms with Crippen LogP contribution in [0.2, 0.25) is 0 Å². The van der Waals surface area contributed by atoms with E-state index in [1.165, 1.54) is 0 Å². The third kappa shape index (κ3) is 6.96. The van der Waals surface area contributed by atoms with Crippen LogP contribution in [0.5, 0.6) is 0 Å².